The van der Waals surface area contributed by atoms with Crippen LogP contribution in [0.1, 0.15) is 73.7 Å². The summed E-state index contributed by atoms with van der Waals surface area (Å²) in [4.78, 5) is 44.5. The van der Waals surface area contributed by atoms with Gasteiger partial charge in [-0.1, -0.05) is 232 Å². The smallest absolute Gasteiger partial charge is 0.247 e. The molecule has 522 valence electrons. The fraction of sp³-hybridized carbons (Fsp3) is 0.173. The van der Waals surface area contributed by atoms with Crippen molar-refractivity contribution in [2.24, 2.45) is 23.7 Å². The van der Waals surface area contributed by atoms with Crippen LogP contribution in [-0.2, 0) is 34.0 Å². The van der Waals surface area contributed by atoms with Crippen molar-refractivity contribution in [3.05, 3.63) is 361 Å². The van der Waals surface area contributed by atoms with Crippen LogP contribution in [0.3, 0.4) is 0 Å². The number of hydrogen-bond acceptors (Lipinski definition) is 3. The first kappa shape index (κ1) is 75.4. The molecule has 2 fully saturated rings. The molecule has 0 spiro atoms. The largest absolute Gasteiger partial charge is 0.338 e. The quantitative estimate of drug-likeness (QED) is 0.0419. The molecular formula is C81H60Cl9F6N3O3. The van der Waals surface area contributed by atoms with Gasteiger partial charge >= 0.3 is 0 Å². The van der Waals surface area contributed by atoms with Gasteiger partial charge in [-0.15, -0.1) is 0 Å². The lowest BCUT2D eigenvalue weighted by Crippen LogP contribution is -2.29. The maximum absolute atomic E-state index is 13.7. The predicted molar refractivity (Wildman–Crippen MR) is 399 cm³/mol. The molecule has 21 heteroatoms. The summed E-state index contributed by atoms with van der Waals surface area (Å²) in [6.07, 6.45) is 18.1. The number of hydrogen-bond donors (Lipinski definition) is 0. The molecule has 8 atom stereocenters. The zero-order valence-electron chi connectivity index (χ0n) is 53.7. The van der Waals surface area contributed by atoms with Gasteiger partial charge in [0.05, 0.1) is 11.8 Å². The number of amides is 3. The molecule has 2 heterocycles. The van der Waals surface area contributed by atoms with Crippen molar-refractivity contribution in [3.63, 3.8) is 0 Å². The lowest BCUT2D eigenvalue weighted by molar-refractivity contribution is -0.131. The minimum absolute atomic E-state index is 0.0226. The molecule has 0 bridgehead atoms. The first-order chi connectivity index (χ1) is 48.9. The highest BCUT2D eigenvalue weighted by atomic mass is 35.5. The zero-order chi connectivity index (χ0) is 72.5. The van der Waals surface area contributed by atoms with Crippen LogP contribution in [0.15, 0.2) is 231 Å². The number of rotatable bonds is 16. The number of carbonyl (C=O) groups excluding carboxylic acids is 3. The second-order valence-electron chi connectivity index (χ2n) is 24.9. The van der Waals surface area contributed by atoms with Crippen LogP contribution in [0, 0.1) is 58.6 Å². The third kappa shape index (κ3) is 18.6. The van der Waals surface area contributed by atoms with E-state index in [0.717, 1.165) is 69.8 Å². The summed E-state index contributed by atoms with van der Waals surface area (Å²) < 4.78 is 81.2. The summed E-state index contributed by atoms with van der Waals surface area (Å²) >= 11 is 55.7. The number of benzene rings is 9. The Morgan fingerprint density at radius 3 is 1.24 bits per heavy atom. The van der Waals surface area contributed by atoms with Crippen molar-refractivity contribution in [1.82, 2.24) is 14.7 Å². The van der Waals surface area contributed by atoms with Crippen molar-refractivity contribution < 1.29 is 40.7 Å². The molecule has 9 aromatic rings. The van der Waals surface area contributed by atoms with E-state index in [0.29, 0.717) is 75.0 Å². The van der Waals surface area contributed by atoms with Crippen LogP contribution in [-0.4, -0.2) is 52.1 Å². The van der Waals surface area contributed by atoms with E-state index in [4.69, 9.17) is 104 Å². The summed E-state index contributed by atoms with van der Waals surface area (Å²) in [6.45, 7) is 1.78. The first-order valence-electron chi connectivity index (χ1n) is 32.1. The molecule has 102 heavy (non-hydrogen) atoms. The van der Waals surface area contributed by atoms with Gasteiger partial charge in [-0.2, -0.15) is 0 Å². The molecule has 4 aliphatic rings. The van der Waals surface area contributed by atoms with E-state index in [2.05, 4.69) is 12.2 Å². The molecule has 0 radical (unpaired) electrons. The van der Waals surface area contributed by atoms with Crippen molar-refractivity contribution >= 4 is 134 Å². The SMILES string of the molecule is O=C(/C=C/C=C/c1ccc(Cl)cc1Cl)N(C/C=C\c1ccc(Cl)cc1)Cc1ccc(F)c(F)c1.O=C1[C@@H]2C=C[C@H](c3ccc(Cl)cc3Cl)[C@H](c3ccc(Cl)cc3)[C@@H]2CN1Cc1ccc(F)c(F)c1.O=C1[C@H]2C=C[C@@H](c3ccc(Cl)cc3Cl)[C@H](c3ccc(Cl)cc3)[C@@H]2CN1Cc1ccc(F)c(F)c1. The Bertz CT molecular complexity index is 4530. The Hall–Kier alpha value is -7.72. The summed E-state index contributed by atoms with van der Waals surface area (Å²) in [7, 11) is 0. The van der Waals surface area contributed by atoms with Crippen molar-refractivity contribution in [2.45, 2.75) is 43.3 Å². The molecular weight excluding hydrogens is 1500 g/mol. The molecule has 9 aromatic carbocycles. The van der Waals surface area contributed by atoms with Crippen molar-refractivity contribution in [1.29, 1.82) is 0 Å². The van der Waals surface area contributed by atoms with Crippen LogP contribution in [0.5, 0.6) is 0 Å². The van der Waals surface area contributed by atoms with E-state index >= 15 is 0 Å². The molecule has 13 rings (SSSR count). The number of likely N-dealkylation sites (tertiary alicyclic amines) is 2. The highest BCUT2D eigenvalue weighted by molar-refractivity contribution is 6.36. The normalized spacial score (nSPS) is 19.8. The lowest BCUT2D eigenvalue weighted by atomic mass is 9.67. The van der Waals surface area contributed by atoms with Crippen LogP contribution >= 0.6 is 104 Å². The van der Waals surface area contributed by atoms with E-state index < -0.39 is 34.9 Å². The third-order valence-corrected chi connectivity index (χ3v) is 20.8. The summed E-state index contributed by atoms with van der Waals surface area (Å²) in [6, 6.07) is 49.8. The molecule has 0 aromatic heterocycles. The number of fused-ring (bicyclic) bond motifs is 2. The minimum Gasteiger partial charge on any atom is -0.338 e. The van der Waals surface area contributed by atoms with Gasteiger partial charge in [0.15, 0.2) is 34.9 Å². The van der Waals surface area contributed by atoms with E-state index in [9.17, 15) is 40.7 Å². The zero-order valence-corrected chi connectivity index (χ0v) is 60.5. The Kier molecular flexibility index (Phi) is 25.3. The Morgan fingerprint density at radius 2 is 0.804 bits per heavy atom. The van der Waals surface area contributed by atoms with Gasteiger partial charge in [-0.05, 0) is 183 Å². The second-order valence-corrected chi connectivity index (χ2v) is 28.8. The van der Waals surface area contributed by atoms with Crippen LogP contribution < -0.4 is 0 Å². The topological polar surface area (TPSA) is 60.9 Å². The highest BCUT2D eigenvalue weighted by Crippen LogP contribution is 2.53. The second kappa shape index (κ2) is 34.3. The molecule has 2 aliphatic carbocycles. The van der Waals surface area contributed by atoms with Crippen molar-refractivity contribution in [3.8, 4) is 0 Å². The van der Waals surface area contributed by atoms with Crippen LogP contribution in [0.2, 0.25) is 45.2 Å². The Balaban J connectivity index is 0.000000154. The molecule has 6 nitrogen and oxygen atoms in total. The Morgan fingerprint density at radius 1 is 0.412 bits per heavy atom. The van der Waals surface area contributed by atoms with Crippen LogP contribution in [0.4, 0.5) is 26.3 Å². The van der Waals surface area contributed by atoms with E-state index in [1.807, 2.05) is 109 Å². The average molecular weight is 1560 g/mol. The fourth-order valence-corrected chi connectivity index (χ4v) is 15.4. The van der Waals surface area contributed by atoms with Gasteiger partial charge in [-0.25, -0.2) is 26.3 Å². The van der Waals surface area contributed by atoms with Gasteiger partial charge in [-0.3, -0.25) is 14.4 Å². The number of carbonyl (C=O) groups is 3. The summed E-state index contributed by atoms with van der Waals surface area (Å²) in [5.41, 5.74) is 7.24. The van der Waals surface area contributed by atoms with E-state index in [1.165, 1.54) is 29.2 Å². The first-order valence-corrected chi connectivity index (χ1v) is 35.5. The fourth-order valence-electron chi connectivity index (χ4n) is 13.5. The Labute approximate surface area is 632 Å². The molecule has 2 aliphatic heterocycles. The predicted octanol–water partition coefficient (Wildman–Crippen LogP) is 23.5. The number of nitrogens with zero attached hydrogens (tertiary/aromatic N) is 3. The number of allylic oxidation sites excluding steroid dienone is 4. The monoisotopic (exact) mass is 1550 g/mol. The number of halogens is 15. The molecule has 0 unspecified atom stereocenters. The van der Waals surface area contributed by atoms with E-state index in [-0.39, 0.29) is 91.2 Å². The minimum atomic E-state index is -0.958. The van der Waals surface area contributed by atoms with Gasteiger partial charge in [0.1, 0.15) is 0 Å². The van der Waals surface area contributed by atoms with Crippen LogP contribution in [0.25, 0.3) is 12.2 Å². The van der Waals surface area contributed by atoms with Gasteiger partial charge in [0, 0.05) is 102 Å². The summed E-state index contributed by atoms with van der Waals surface area (Å²) in [5.74, 6) is -6.76. The average Bonchev–Trinajstić information content (AvgIpc) is 1.56. The standard InChI is InChI=1S/3C27H20Cl3F2NO/c2*28-17-4-2-16(3-5-17)26-20(19-7-6-18(29)12-23(19)30)8-9-21-22(26)14-33(27(21)34)13-15-1-10-24(31)25(32)11-15;28-22-11-7-19(8-12-22)4-3-15-33(18-20-9-14-25(31)26(32)16-20)27(34)6-2-1-5-21-10-13-23(29)17-24(21)30/h2*1-12,20-22,26H,13-14H2;1-14,16-17H,15,18H2/b;;4-3-,5-1+,6-2+/t20-,21-,22+,26-;20-,21-,22-,26+;/m01./s1. The van der Waals surface area contributed by atoms with Crippen molar-refractivity contribution in [2.75, 3.05) is 19.6 Å². The molecule has 3 amide bonds. The molecule has 0 saturated carbocycles. The third-order valence-electron chi connectivity index (χ3n) is 18.4. The van der Waals surface area contributed by atoms with Gasteiger partial charge < -0.3 is 14.7 Å². The maximum Gasteiger partial charge on any atom is 0.247 e. The van der Waals surface area contributed by atoms with E-state index in [1.54, 1.807) is 70.5 Å². The highest BCUT2D eigenvalue weighted by Gasteiger charge is 2.50. The lowest BCUT2D eigenvalue weighted by Gasteiger charge is -2.36. The molecule has 2 saturated heterocycles. The van der Waals surface area contributed by atoms with Gasteiger partial charge in [0.25, 0.3) is 0 Å². The maximum atomic E-state index is 13.7. The summed E-state index contributed by atoms with van der Waals surface area (Å²) in [5, 5.41) is 5.19. The van der Waals surface area contributed by atoms with Gasteiger partial charge in [0.2, 0.25) is 17.7 Å². The molecule has 0 N–H and O–H groups in total.